The second-order valence-electron chi connectivity index (χ2n) is 6.87. The Morgan fingerprint density at radius 1 is 1.14 bits per heavy atom. The monoisotopic (exact) mass is 460 g/mol. The summed E-state index contributed by atoms with van der Waals surface area (Å²) in [6, 6.07) is 14.9. The Labute approximate surface area is 180 Å². The first-order valence-corrected chi connectivity index (χ1v) is 9.54. The third-order valence-electron chi connectivity index (χ3n) is 5.26. The standard InChI is InChI=1S/C22H22ClN2O2.BrH/c1-15(22(26)17-7-11-19(27-2)12-8-17)25-14-20(24-13-3-4-21(24)25)16-5-9-18(23)10-6-16;/h5-12,14-15H,3-4,13H2,1-2H3;1H/q+1;/p-1. The third kappa shape index (κ3) is 3.74. The summed E-state index contributed by atoms with van der Waals surface area (Å²) in [5.74, 6) is 2.06. The maximum absolute atomic E-state index is 13.0. The summed E-state index contributed by atoms with van der Waals surface area (Å²) in [4.78, 5) is 13.0. The van der Waals surface area contributed by atoms with Crippen LogP contribution in [0.2, 0.25) is 5.02 Å². The molecule has 0 spiro atoms. The van der Waals surface area contributed by atoms with Crippen molar-refractivity contribution in [2.75, 3.05) is 7.11 Å². The minimum atomic E-state index is -0.265. The van der Waals surface area contributed by atoms with Gasteiger partial charge < -0.3 is 21.7 Å². The molecule has 1 aliphatic rings. The summed E-state index contributed by atoms with van der Waals surface area (Å²) in [6.07, 6.45) is 4.18. The fourth-order valence-corrected chi connectivity index (χ4v) is 3.90. The molecule has 2 heterocycles. The summed E-state index contributed by atoms with van der Waals surface area (Å²) in [6.45, 7) is 2.95. The van der Waals surface area contributed by atoms with Gasteiger partial charge in [-0.1, -0.05) is 11.6 Å². The van der Waals surface area contributed by atoms with Crippen LogP contribution < -0.4 is 26.3 Å². The van der Waals surface area contributed by atoms with Crippen LogP contribution in [-0.4, -0.2) is 17.5 Å². The highest BCUT2D eigenvalue weighted by atomic mass is 79.9. The second kappa shape index (κ2) is 8.50. The molecule has 0 aliphatic carbocycles. The lowest BCUT2D eigenvalue weighted by molar-refractivity contribution is -0.710. The molecular formula is C22H22BrClN2O2. The van der Waals surface area contributed by atoms with Crippen LogP contribution in [-0.2, 0) is 13.0 Å². The number of imidazole rings is 1. The molecule has 1 aliphatic heterocycles. The van der Waals surface area contributed by atoms with Gasteiger partial charge in [-0.2, -0.15) is 0 Å². The molecule has 1 atom stereocenters. The van der Waals surface area contributed by atoms with Crippen LogP contribution in [0.25, 0.3) is 11.3 Å². The van der Waals surface area contributed by atoms with Crippen LogP contribution in [0, 0.1) is 0 Å². The van der Waals surface area contributed by atoms with E-state index in [0.717, 1.165) is 41.4 Å². The van der Waals surface area contributed by atoms with Gasteiger partial charge in [-0.25, -0.2) is 9.13 Å². The smallest absolute Gasteiger partial charge is 0.257 e. The highest BCUT2D eigenvalue weighted by molar-refractivity contribution is 6.30. The van der Waals surface area contributed by atoms with E-state index >= 15 is 0 Å². The number of ketones is 1. The number of rotatable bonds is 5. The molecule has 1 aromatic heterocycles. The number of aromatic nitrogens is 2. The third-order valence-corrected chi connectivity index (χ3v) is 5.51. The van der Waals surface area contributed by atoms with E-state index in [4.69, 9.17) is 16.3 Å². The molecule has 28 heavy (non-hydrogen) atoms. The van der Waals surface area contributed by atoms with Gasteiger partial charge >= 0.3 is 0 Å². The number of nitrogens with zero attached hydrogens (tertiary/aromatic N) is 2. The van der Waals surface area contributed by atoms with E-state index in [9.17, 15) is 4.79 Å². The zero-order chi connectivity index (χ0) is 19.0. The number of hydrogen-bond acceptors (Lipinski definition) is 2. The van der Waals surface area contributed by atoms with Gasteiger partial charge in [-0.3, -0.25) is 4.79 Å². The molecular weight excluding hydrogens is 440 g/mol. The van der Waals surface area contributed by atoms with Crippen molar-refractivity contribution in [2.24, 2.45) is 0 Å². The van der Waals surface area contributed by atoms with Crippen molar-refractivity contribution in [3.63, 3.8) is 0 Å². The number of methoxy groups -OCH3 is 1. The Kier molecular flexibility index (Phi) is 6.26. The van der Waals surface area contributed by atoms with Gasteiger partial charge in [-0.15, -0.1) is 0 Å². The van der Waals surface area contributed by atoms with Gasteiger partial charge in [0.25, 0.3) is 5.82 Å². The van der Waals surface area contributed by atoms with E-state index in [1.165, 1.54) is 5.82 Å². The number of carbonyl (C=O) groups is 1. The van der Waals surface area contributed by atoms with Crippen LogP contribution >= 0.6 is 11.6 Å². The number of ether oxygens (including phenoxy) is 1. The van der Waals surface area contributed by atoms with Gasteiger partial charge in [0.2, 0.25) is 5.78 Å². The summed E-state index contributed by atoms with van der Waals surface area (Å²) in [5, 5.41) is 0.725. The number of hydrogen-bond donors (Lipinski definition) is 0. The first-order valence-electron chi connectivity index (χ1n) is 9.16. The molecule has 0 saturated heterocycles. The van der Waals surface area contributed by atoms with Crippen molar-refractivity contribution in [1.29, 1.82) is 0 Å². The Morgan fingerprint density at radius 2 is 1.82 bits per heavy atom. The molecule has 3 aromatic rings. The fourth-order valence-electron chi connectivity index (χ4n) is 3.77. The van der Waals surface area contributed by atoms with Crippen molar-refractivity contribution in [2.45, 2.75) is 32.4 Å². The van der Waals surface area contributed by atoms with Crippen LogP contribution in [0.3, 0.4) is 0 Å². The van der Waals surface area contributed by atoms with Gasteiger partial charge in [-0.05, 0) is 61.9 Å². The van der Waals surface area contributed by atoms with Crippen molar-refractivity contribution in [3.8, 4) is 17.0 Å². The molecule has 4 rings (SSSR count). The molecule has 0 N–H and O–H groups in total. The average molecular weight is 462 g/mol. The Balaban J connectivity index is 0.00000225. The van der Waals surface area contributed by atoms with Crippen LogP contribution in [0.5, 0.6) is 5.75 Å². The maximum atomic E-state index is 13.0. The van der Waals surface area contributed by atoms with E-state index in [2.05, 4.69) is 15.3 Å². The number of Topliss-reactive ketones (excluding diaryl/α,β-unsaturated/α-hetero) is 1. The number of carbonyl (C=O) groups excluding carboxylic acids is 1. The highest BCUT2D eigenvalue weighted by Gasteiger charge is 2.33. The van der Waals surface area contributed by atoms with E-state index in [0.29, 0.717) is 5.56 Å². The van der Waals surface area contributed by atoms with Crippen molar-refractivity contribution < 1.29 is 31.1 Å². The summed E-state index contributed by atoms with van der Waals surface area (Å²) in [5.41, 5.74) is 2.95. The molecule has 1 unspecified atom stereocenters. The first-order chi connectivity index (χ1) is 13.1. The van der Waals surface area contributed by atoms with Gasteiger partial charge in [0.1, 0.15) is 11.9 Å². The van der Waals surface area contributed by atoms with Gasteiger partial charge in [0.05, 0.1) is 20.1 Å². The largest absolute Gasteiger partial charge is 1.00 e. The lowest BCUT2D eigenvalue weighted by atomic mass is 10.0. The first kappa shape index (κ1) is 20.6. The van der Waals surface area contributed by atoms with Gasteiger partial charge in [0.15, 0.2) is 11.7 Å². The Morgan fingerprint density at radius 3 is 2.46 bits per heavy atom. The maximum Gasteiger partial charge on any atom is 0.257 e. The van der Waals surface area contributed by atoms with Crippen molar-refractivity contribution in [3.05, 3.63) is 71.1 Å². The zero-order valence-corrected chi connectivity index (χ0v) is 18.2. The molecule has 0 radical (unpaired) electrons. The molecule has 0 bridgehead atoms. The summed E-state index contributed by atoms with van der Waals surface area (Å²) < 4.78 is 9.63. The average Bonchev–Trinajstić information content (AvgIpc) is 3.30. The lowest BCUT2D eigenvalue weighted by Gasteiger charge is -2.09. The highest BCUT2D eigenvalue weighted by Crippen LogP contribution is 2.27. The van der Waals surface area contributed by atoms with Crippen molar-refractivity contribution in [1.82, 2.24) is 4.57 Å². The second-order valence-corrected chi connectivity index (χ2v) is 7.31. The predicted octanol–water partition coefficient (Wildman–Crippen LogP) is 1.50. The zero-order valence-electron chi connectivity index (χ0n) is 15.9. The van der Waals surface area contributed by atoms with Crippen molar-refractivity contribution >= 4 is 17.4 Å². The van der Waals surface area contributed by atoms with E-state index < -0.39 is 0 Å². The summed E-state index contributed by atoms with van der Waals surface area (Å²) in [7, 11) is 1.62. The minimum Gasteiger partial charge on any atom is -1.00 e. The number of fused-ring (bicyclic) bond motifs is 1. The van der Waals surface area contributed by atoms with Crippen LogP contribution in [0.15, 0.2) is 54.7 Å². The SMILES string of the molecule is COc1ccc(C(=O)C(C)[n+]2cc(-c3ccc(Cl)cc3)n3c2CCC3)cc1.[Br-]. The molecule has 146 valence electrons. The Hall–Kier alpha value is -2.11. The number of halogens is 2. The Bertz CT molecular complexity index is 981. The van der Waals surface area contributed by atoms with Gasteiger partial charge in [0, 0.05) is 16.1 Å². The minimum absolute atomic E-state index is 0. The lowest BCUT2D eigenvalue weighted by Crippen LogP contribution is -3.00. The molecule has 2 aromatic carbocycles. The normalized spacial score (nSPS) is 13.5. The molecule has 0 fully saturated rings. The number of benzene rings is 2. The van der Waals surface area contributed by atoms with E-state index in [1.54, 1.807) is 7.11 Å². The van der Waals surface area contributed by atoms with E-state index in [-0.39, 0.29) is 28.8 Å². The van der Waals surface area contributed by atoms with E-state index in [1.807, 2.05) is 55.5 Å². The quantitative estimate of drug-likeness (QED) is 0.426. The topological polar surface area (TPSA) is 35.1 Å². The molecule has 0 amide bonds. The fraction of sp³-hybridized carbons (Fsp3) is 0.273. The predicted molar refractivity (Wildman–Crippen MR) is 105 cm³/mol. The van der Waals surface area contributed by atoms with Crippen LogP contribution in [0.4, 0.5) is 0 Å². The molecule has 0 saturated carbocycles. The van der Waals surface area contributed by atoms with Crippen LogP contribution in [0.1, 0.15) is 35.6 Å². The molecule has 4 nitrogen and oxygen atoms in total. The summed E-state index contributed by atoms with van der Waals surface area (Å²) >= 11 is 6.04. The molecule has 6 heteroatoms.